The molecule has 0 heterocycles. The monoisotopic (exact) mass is 323 g/mol. The standard InChI is InChI=1S/C19H21N3O2/c1-3-22(4-2)16-9-7-10-17(12-16)24-14-19(23)21-18-11-6-5-8-15(18)13-20/h5-12H,3-4,14H2,1-2H3,(H,21,23). The van der Waals surface area contributed by atoms with E-state index in [1.165, 1.54) is 0 Å². The maximum atomic E-state index is 12.0. The predicted octanol–water partition coefficient (Wildman–Crippen LogP) is 3.42. The molecule has 1 N–H and O–H groups in total. The fourth-order valence-electron chi connectivity index (χ4n) is 2.38. The zero-order valence-electron chi connectivity index (χ0n) is 14.0. The Hall–Kier alpha value is -3.00. The molecule has 0 aliphatic carbocycles. The van der Waals surface area contributed by atoms with Crippen molar-refractivity contribution < 1.29 is 9.53 Å². The first-order valence-corrected chi connectivity index (χ1v) is 7.94. The van der Waals surface area contributed by atoms with Gasteiger partial charge in [0.25, 0.3) is 5.91 Å². The first-order valence-electron chi connectivity index (χ1n) is 7.94. The van der Waals surface area contributed by atoms with Gasteiger partial charge in [-0.1, -0.05) is 18.2 Å². The second kappa shape index (κ2) is 8.59. The van der Waals surface area contributed by atoms with E-state index in [0.717, 1.165) is 18.8 Å². The predicted molar refractivity (Wildman–Crippen MR) is 95.3 cm³/mol. The molecule has 5 nitrogen and oxygen atoms in total. The van der Waals surface area contributed by atoms with Gasteiger partial charge in [-0.2, -0.15) is 5.26 Å². The van der Waals surface area contributed by atoms with E-state index in [9.17, 15) is 4.79 Å². The molecule has 2 aromatic rings. The van der Waals surface area contributed by atoms with Crippen molar-refractivity contribution >= 4 is 17.3 Å². The minimum Gasteiger partial charge on any atom is -0.484 e. The molecule has 1 amide bonds. The topological polar surface area (TPSA) is 65.4 Å². The van der Waals surface area contributed by atoms with Gasteiger partial charge in [-0.25, -0.2) is 0 Å². The third kappa shape index (κ3) is 4.50. The van der Waals surface area contributed by atoms with Crippen LogP contribution >= 0.6 is 0 Å². The molecule has 124 valence electrons. The van der Waals surface area contributed by atoms with Crippen LogP contribution in [0.15, 0.2) is 48.5 Å². The molecule has 0 radical (unpaired) electrons. The fraction of sp³-hybridized carbons (Fsp3) is 0.263. The highest BCUT2D eigenvalue weighted by molar-refractivity contribution is 5.93. The normalized spacial score (nSPS) is 9.88. The number of hydrogen-bond donors (Lipinski definition) is 1. The Labute approximate surface area is 142 Å². The van der Waals surface area contributed by atoms with E-state index in [1.54, 1.807) is 24.3 Å². The lowest BCUT2D eigenvalue weighted by Gasteiger charge is -2.21. The first kappa shape index (κ1) is 17.4. The van der Waals surface area contributed by atoms with Gasteiger partial charge in [0.1, 0.15) is 11.8 Å². The minimum atomic E-state index is -0.300. The second-order valence-electron chi connectivity index (χ2n) is 5.16. The van der Waals surface area contributed by atoms with Crippen LogP contribution in [0, 0.1) is 11.3 Å². The quantitative estimate of drug-likeness (QED) is 0.848. The lowest BCUT2D eigenvalue weighted by Crippen LogP contribution is -2.22. The van der Waals surface area contributed by atoms with Crippen molar-refractivity contribution in [1.82, 2.24) is 0 Å². The molecule has 0 aliphatic heterocycles. The molecule has 0 aromatic heterocycles. The Balaban J connectivity index is 1.97. The highest BCUT2D eigenvalue weighted by Gasteiger charge is 2.08. The highest BCUT2D eigenvalue weighted by Crippen LogP contribution is 2.21. The maximum Gasteiger partial charge on any atom is 0.262 e. The van der Waals surface area contributed by atoms with Crippen LogP contribution in [0.5, 0.6) is 5.75 Å². The summed E-state index contributed by atoms with van der Waals surface area (Å²) in [6.45, 7) is 5.90. The molecule has 0 bridgehead atoms. The Bertz CT molecular complexity index is 733. The van der Waals surface area contributed by atoms with Gasteiger partial charge in [0.2, 0.25) is 0 Å². The van der Waals surface area contributed by atoms with Crippen molar-refractivity contribution in [2.24, 2.45) is 0 Å². The zero-order valence-corrected chi connectivity index (χ0v) is 14.0. The number of nitriles is 1. The molecule has 2 aromatic carbocycles. The number of para-hydroxylation sites is 1. The van der Waals surface area contributed by atoms with Crippen LogP contribution in [0.1, 0.15) is 19.4 Å². The summed E-state index contributed by atoms with van der Waals surface area (Å²) >= 11 is 0. The Morgan fingerprint density at radius 2 is 1.92 bits per heavy atom. The van der Waals surface area contributed by atoms with E-state index in [4.69, 9.17) is 10.00 Å². The highest BCUT2D eigenvalue weighted by atomic mass is 16.5. The van der Waals surface area contributed by atoms with Gasteiger partial charge in [0.15, 0.2) is 6.61 Å². The Morgan fingerprint density at radius 3 is 2.62 bits per heavy atom. The van der Waals surface area contributed by atoms with Crippen molar-refractivity contribution in [2.75, 3.05) is 29.9 Å². The third-order valence-corrected chi connectivity index (χ3v) is 3.64. The molecule has 0 aliphatic rings. The molecule has 2 rings (SSSR count). The summed E-state index contributed by atoms with van der Waals surface area (Å²) in [5.74, 6) is 0.342. The van der Waals surface area contributed by atoms with Gasteiger partial charge in [-0.05, 0) is 38.1 Å². The summed E-state index contributed by atoms with van der Waals surface area (Å²) < 4.78 is 5.57. The summed E-state index contributed by atoms with van der Waals surface area (Å²) in [6, 6.07) is 16.6. The van der Waals surface area contributed by atoms with E-state index in [1.807, 2.05) is 30.3 Å². The summed E-state index contributed by atoms with van der Waals surface area (Å²) in [5, 5.41) is 11.7. The average Bonchev–Trinajstić information content (AvgIpc) is 2.62. The number of anilines is 2. The van der Waals surface area contributed by atoms with Gasteiger partial charge in [0, 0.05) is 24.8 Å². The fourth-order valence-corrected chi connectivity index (χ4v) is 2.38. The third-order valence-electron chi connectivity index (χ3n) is 3.64. The summed E-state index contributed by atoms with van der Waals surface area (Å²) in [6.07, 6.45) is 0. The number of rotatable bonds is 7. The van der Waals surface area contributed by atoms with E-state index in [0.29, 0.717) is 17.0 Å². The molecular formula is C19H21N3O2. The van der Waals surface area contributed by atoms with Crippen molar-refractivity contribution in [3.63, 3.8) is 0 Å². The van der Waals surface area contributed by atoms with Crippen LogP contribution in [0.25, 0.3) is 0 Å². The Kier molecular flexibility index (Phi) is 6.21. The van der Waals surface area contributed by atoms with Crippen LogP contribution < -0.4 is 15.0 Å². The number of benzene rings is 2. The number of nitrogens with one attached hydrogen (secondary N) is 1. The van der Waals surface area contributed by atoms with Crippen LogP contribution in [-0.4, -0.2) is 25.6 Å². The van der Waals surface area contributed by atoms with Crippen LogP contribution in [0.2, 0.25) is 0 Å². The molecule has 24 heavy (non-hydrogen) atoms. The summed E-state index contributed by atoms with van der Waals surface area (Å²) in [7, 11) is 0. The number of nitrogens with zero attached hydrogens (tertiary/aromatic N) is 2. The maximum absolute atomic E-state index is 12.0. The SMILES string of the molecule is CCN(CC)c1cccc(OCC(=O)Nc2ccccc2C#N)c1. The molecule has 5 heteroatoms. The number of carbonyl (C=O) groups excluding carboxylic acids is 1. The van der Waals surface area contributed by atoms with Crippen molar-refractivity contribution in [3.05, 3.63) is 54.1 Å². The minimum absolute atomic E-state index is 0.110. The van der Waals surface area contributed by atoms with Crippen molar-refractivity contribution in [2.45, 2.75) is 13.8 Å². The molecule has 0 spiro atoms. The molecule has 0 unspecified atom stereocenters. The van der Waals surface area contributed by atoms with Gasteiger partial charge in [0.05, 0.1) is 11.3 Å². The lowest BCUT2D eigenvalue weighted by molar-refractivity contribution is -0.118. The van der Waals surface area contributed by atoms with Gasteiger partial charge in [-0.15, -0.1) is 0 Å². The van der Waals surface area contributed by atoms with E-state index in [2.05, 4.69) is 24.1 Å². The molecule has 0 fully saturated rings. The smallest absolute Gasteiger partial charge is 0.262 e. The Morgan fingerprint density at radius 1 is 1.17 bits per heavy atom. The van der Waals surface area contributed by atoms with Gasteiger partial charge < -0.3 is 15.0 Å². The molecule has 0 saturated heterocycles. The second-order valence-corrected chi connectivity index (χ2v) is 5.16. The zero-order chi connectivity index (χ0) is 17.4. The number of ether oxygens (including phenoxy) is 1. The number of amides is 1. The lowest BCUT2D eigenvalue weighted by atomic mass is 10.2. The van der Waals surface area contributed by atoms with E-state index in [-0.39, 0.29) is 12.5 Å². The summed E-state index contributed by atoms with van der Waals surface area (Å²) in [5.41, 5.74) is 1.98. The molecule has 0 atom stereocenters. The van der Waals surface area contributed by atoms with E-state index >= 15 is 0 Å². The molecule has 0 saturated carbocycles. The van der Waals surface area contributed by atoms with Crippen molar-refractivity contribution in [3.8, 4) is 11.8 Å². The number of hydrogen-bond acceptors (Lipinski definition) is 4. The largest absolute Gasteiger partial charge is 0.484 e. The van der Waals surface area contributed by atoms with Crippen LogP contribution in [-0.2, 0) is 4.79 Å². The van der Waals surface area contributed by atoms with Crippen LogP contribution in [0.4, 0.5) is 11.4 Å². The molecular weight excluding hydrogens is 302 g/mol. The van der Waals surface area contributed by atoms with Gasteiger partial charge >= 0.3 is 0 Å². The van der Waals surface area contributed by atoms with E-state index < -0.39 is 0 Å². The summed E-state index contributed by atoms with van der Waals surface area (Å²) in [4.78, 5) is 14.2. The number of carbonyl (C=O) groups is 1. The first-order chi connectivity index (χ1) is 11.7. The van der Waals surface area contributed by atoms with Crippen molar-refractivity contribution in [1.29, 1.82) is 5.26 Å². The van der Waals surface area contributed by atoms with Crippen LogP contribution in [0.3, 0.4) is 0 Å². The van der Waals surface area contributed by atoms with Gasteiger partial charge in [-0.3, -0.25) is 4.79 Å². The average molecular weight is 323 g/mol.